The zero-order valence-corrected chi connectivity index (χ0v) is 14.5. The Labute approximate surface area is 147 Å². The van der Waals surface area contributed by atoms with Gasteiger partial charge in [0, 0.05) is 44.1 Å². The molecule has 0 bridgehead atoms. The van der Waals surface area contributed by atoms with Crippen molar-refractivity contribution in [3.05, 3.63) is 48.3 Å². The van der Waals surface area contributed by atoms with Gasteiger partial charge in [0.25, 0.3) is 0 Å². The van der Waals surface area contributed by atoms with E-state index in [9.17, 15) is 9.59 Å². The van der Waals surface area contributed by atoms with Gasteiger partial charge in [-0.15, -0.1) is 0 Å². The summed E-state index contributed by atoms with van der Waals surface area (Å²) in [7, 11) is 0. The minimum atomic E-state index is -0.276. The van der Waals surface area contributed by atoms with Crippen molar-refractivity contribution in [2.24, 2.45) is 5.92 Å². The van der Waals surface area contributed by atoms with E-state index in [2.05, 4.69) is 17.3 Å². The van der Waals surface area contributed by atoms with Crippen molar-refractivity contribution in [2.75, 3.05) is 18.0 Å². The lowest BCUT2D eigenvalue weighted by atomic mass is 10.1. The number of carbonyl (C=O) groups excluding carboxylic acids is 2. The van der Waals surface area contributed by atoms with Crippen molar-refractivity contribution in [3.63, 3.8) is 0 Å². The fraction of sp³-hybridized carbons (Fsp3) is 0.421. The van der Waals surface area contributed by atoms with Crippen LogP contribution in [0.2, 0.25) is 0 Å². The largest absolute Gasteiger partial charge is 0.356 e. The average molecular weight is 340 g/mol. The molecule has 6 heteroatoms. The number of carbonyl (C=O) groups is 2. The van der Waals surface area contributed by atoms with Crippen molar-refractivity contribution < 1.29 is 9.59 Å². The molecule has 2 heterocycles. The van der Waals surface area contributed by atoms with Crippen LogP contribution in [0.1, 0.15) is 25.3 Å². The number of anilines is 1. The van der Waals surface area contributed by atoms with Crippen LogP contribution in [0.3, 0.4) is 0 Å². The molecule has 0 spiro atoms. The Kier molecular flexibility index (Phi) is 5.48. The van der Waals surface area contributed by atoms with Crippen LogP contribution in [0.15, 0.2) is 42.7 Å². The fourth-order valence-electron chi connectivity index (χ4n) is 3.22. The average Bonchev–Trinajstić information content (AvgIpc) is 3.28. The lowest BCUT2D eigenvalue weighted by Crippen LogP contribution is -2.34. The number of rotatable bonds is 7. The predicted octanol–water partition coefficient (Wildman–Crippen LogP) is 2.00. The number of benzene rings is 1. The van der Waals surface area contributed by atoms with E-state index >= 15 is 0 Å². The van der Waals surface area contributed by atoms with E-state index in [0.717, 1.165) is 30.6 Å². The third kappa shape index (κ3) is 4.07. The first-order valence-corrected chi connectivity index (χ1v) is 8.82. The van der Waals surface area contributed by atoms with Crippen LogP contribution < -0.4 is 10.2 Å². The minimum Gasteiger partial charge on any atom is -0.356 e. The Morgan fingerprint density at radius 2 is 2.16 bits per heavy atom. The van der Waals surface area contributed by atoms with Crippen molar-refractivity contribution in [1.29, 1.82) is 0 Å². The lowest BCUT2D eigenvalue weighted by Gasteiger charge is -2.20. The van der Waals surface area contributed by atoms with Gasteiger partial charge in [-0.3, -0.25) is 14.3 Å². The van der Waals surface area contributed by atoms with Crippen LogP contribution in [0, 0.1) is 5.92 Å². The SMILES string of the molecule is CCc1ccccc1N1CC(C(=O)NCCCn2cccn2)CC1=O. The zero-order chi connectivity index (χ0) is 17.6. The summed E-state index contributed by atoms with van der Waals surface area (Å²) in [5, 5.41) is 7.08. The first kappa shape index (κ1) is 17.2. The molecule has 1 saturated heterocycles. The highest BCUT2D eigenvalue weighted by atomic mass is 16.2. The second-order valence-electron chi connectivity index (χ2n) is 6.30. The van der Waals surface area contributed by atoms with E-state index in [-0.39, 0.29) is 24.2 Å². The van der Waals surface area contributed by atoms with Gasteiger partial charge >= 0.3 is 0 Å². The molecule has 6 nitrogen and oxygen atoms in total. The van der Waals surface area contributed by atoms with Gasteiger partial charge in [0.2, 0.25) is 11.8 Å². The quantitative estimate of drug-likeness (QED) is 0.784. The third-order valence-corrected chi connectivity index (χ3v) is 4.58. The van der Waals surface area contributed by atoms with Crippen LogP contribution in [0.5, 0.6) is 0 Å². The maximum absolute atomic E-state index is 12.4. The number of nitrogens with one attached hydrogen (secondary N) is 1. The molecule has 0 radical (unpaired) electrons. The summed E-state index contributed by atoms with van der Waals surface area (Å²) in [5.74, 6) is -0.287. The third-order valence-electron chi connectivity index (χ3n) is 4.58. The number of aryl methyl sites for hydroxylation is 2. The number of nitrogens with zero attached hydrogens (tertiary/aromatic N) is 3. The molecule has 1 aliphatic heterocycles. The molecule has 1 fully saturated rings. The van der Waals surface area contributed by atoms with E-state index in [0.29, 0.717) is 13.1 Å². The maximum Gasteiger partial charge on any atom is 0.227 e. The van der Waals surface area contributed by atoms with Gasteiger partial charge in [0.15, 0.2) is 0 Å². The molecule has 132 valence electrons. The molecule has 0 saturated carbocycles. The van der Waals surface area contributed by atoms with Gasteiger partial charge in [0.1, 0.15) is 0 Å². The molecule has 1 unspecified atom stereocenters. The first-order valence-electron chi connectivity index (χ1n) is 8.82. The molecule has 1 atom stereocenters. The highest BCUT2D eigenvalue weighted by molar-refractivity contribution is 6.00. The van der Waals surface area contributed by atoms with Gasteiger partial charge in [-0.2, -0.15) is 5.10 Å². The Hall–Kier alpha value is -2.63. The number of hydrogen-bond acceptors (Lipinski definition) is 3. The molecule has 2 amide bonds. The molecule has 1 aromatic heterocycles. The molecule has 25 heavy (non-hydrogen) atoms. The van der Waals surface area contributed by atoms with E-state index < -0.39 is 0 Å². The first-order chi connectivity index (χ1) is 12.2. The molecular formula is C19H24N4O2. The Balaban J connectivity index is 1.52. The second-order valence-corrected chi connectivity index (χ2v) is 6.30. The monoisotopic (exact) mass is 340 g/mol. The summed E-state index contributed by atoms with van der Waals surface area (Å²) < 4.78 is 1.84. The second kappa shape index (κ2) is 7.96. The highest BCUT2D eigenvalue weighted by Gasteiger charge is 2.35. The van der Waals surface area contributed by atoms with E-state index in [1.165, 1.54) is 0 Å². The van der Waals surface area contributed by atoms with Gasteiger partial charge < -0.3 is 10.2 Å². The van der Waals surface area contributed by atoms with Gasteiger partial charge in [-0.1, -0.05) is 25.1 Å². The number of aromatic nitrogens is 2. The molecule has 1 aliphatic rings. The normalized spacial score (nSPS) is 17.1. The molecule has 2 aromatic rings. The fourth-order valence-corrected chi connectivity index (χ4v) is 3.22. The summed E-state index contributed by atoms with van der Waals surface area (Å²) in [4.78, 5) is 26.5. The smallest absolute Gasteiger partial charge is 0.227 e. The van der Waals surface area contributed by atoms with Crippen LogP contribution in [-0.4, -0.2) is 34.7 Å². The Bertz CT molecular complexity index is 727. The number of hydrogen-bond donors (Lipinski definition) is 1. The maximum atomic E-state index is 12.4. The Morgan fingerprint density at radius 1 is 1.32 bits per heavy atom. The summed E-state index contributed by atoms with van der Waals surface area (Å²) in [6, 6.07) is 9.79. The standard InChI is InChI=1S/C19H24N4O2/c1-2-15-7-3-4-8-17(15)23-14-16(13-18(23)24)19(25)20-9-5-11-22-12-6-10-21-22/h3-4,6-8,10,12,16H,2,5,9,11,13-14H2,1H3,(H,20,25). The summed E-state index contributed by atoms with van der Waals surface area (Å²) >= 11 is 0. The minimum absolute atomic E-state index is 0.0255. The summed E-state index contributed by atoms with van der Waals surface area (Å²) in [6.07, 6.45) is 5.61. The van der Waals surface area contributed by atoms with E-state index in [1.54, 1.807) is 11.1 Å². The molecule has 0 aliphatic carbocycles. The molecular weight excluding hydrogens is 316 g/mol. The van der Waals surface area contributed by atoms with Crippen molar-refractivity contribution in [3.8, 4) is 0 Å². The topological polar surface area (TPSA) is 67.2 Å². The van der Waals surface area contributed by atoms with Crippen molar-refractivity contribution in [2.45, 2.75) is 32.7 Å². The van der Waals surface area contributed by atoms with Crippen LogP contribution >= 0.6 is 0 Å². The Morgan fingerprint density at radius 3 is 2.92 bits per heavy atom. The highest BCUT2D eigenvalue weighted by Crippen LogP contribution is 2.28. The van der Waals surface area contributed by atoms with Crippen LogP contribution in [0.4, 0.5) is 5.69 Å². The number of para-hydroxylation sites is 1. The molecule has 3 rings (SSSR count). The number of amides is 2. The molecule has 1 aromatic carbocycles. The van der Waals surface area contributed by atoms with Gasteiger partial charge in [-0.05, 0) is 30.5 Å². The van der Waals surface area contributed by atoms with E-state index in [1.807, 2.05) is 41.2 Å². The molecule has 1 N–H and O–H groups in total. The van der Waals surface area contributed by atoms with Crippen molar-refractivity contribution >= 4 is 17.5 Å². The predicted molar refractivity (Wildman–Crippen MR) is 96.1 cm³/mol. The summed E-state index contributed by atoms with van der Waals surface area (Å²) in [6.45, 7) is 3.89. The van der Waals surface area contributed by atoms with Crippen LogP contribution in [0.25, 0.3) is 0 Å². The van der Waals surface area contributed by atoms with Crippen molar-refractivity contribution in [1.82, 2.24) is 15.1 Å². The van der Waals surface area contributed by atoms with E-state index in [4.69, 9.17) is 0 Å². The summed E-state index contributed by atoms with van der Waals surface area (Å²) in [5.41, 5.74) is 2.07. The van der Waals surface area contributed by atoms with Crippen LogP contribution in [-0.2, 0) is 22.6 Å². The van der Waals surface area contributed by atoms with Gasteiger partial charge in [-0.25, -0.2) is 0 Å². The van der Waals surface area contributed by atoms with Gasteiger partial charge in [0.05, 0.1) is 5.92 Å². The zero-order valence-electron chi connectivity index (χ0n) is 14.5. The lowest BCUT2D eigenvalue weighted by molar-refractivity contribution is -0.126.